The van der Waals surface area contributed by atoms with Crippen LogP contribution < -0.4 is 19.6 Å². The average molecular weight is 508 g/mol. The molecule has 33 heavy (non-hydrogen) atoms. The first-order valence-corrected chi connectivity index (χ1v) is 13.0. The molecule has 8 heteroatoms. The number of aromatic nitrogens is 1. The van der Waals surface area contributed by atoms with Gasteiger partial charge in [0.1, 0.15) is 0 Å². The number of benzene rings is 2. The van der Waals surface area contributed by atoms with Crippen LogP contribution in [0.2, 0.25) is 0 Å². The molecule has 1 aromatic heterocycles. The standard InChI is InChI=1S/C25H23N3O4Se/c1-31-24-19(29)10-11-27-23(24)25(30)26-12-13-32-14-21(26)28(27)22-17-7-3-2-6-16(17)15-33-20-9-5-4-8-18(20)22/h2-11,21-22H,12-15H2,1H3/t21-,22+/m1/s1. The normalized spacial score (nSPS) is 21.4. The van der Waals surface area contributed by atoms with Crippen LogP contribution in [0.25, 0.3) is 0 Å². The maximum absolute atomic E-state index is 13.6. The van der Waals surface area contributed by atoms with Crippen molar-refractivity contribution in [2.75, 3.05) is 31.9 Å². The molecule has 0 saturated carbocycles. The van der Waals surface area contributed by atoms with Crippen molar-refractivity contribution in [3.63, 3.8) is 0 Å². The first-order chi connectivity index (χ1) is 16.2. The van der Waals surface area contributed by atoms with Crippen molar-refractivity contribution in [3.05, 3.63) is 93.4 Å². The third-order valence-corrected chi connectivity index (χ3v) is 8.96. The van der Waals surface area contributed by atoms with Gasteiger partial charge in [0.2, 0.25) is 0 Å². The van der Waals surface area contributed by atoms with Gasteiger partial charge in [-0.1, -0.05) is 0 Å². The van der Waals surface area contributed by atoms with Gasteiger partial charge in [-0.2, -0.15) is 0 Å². The maximum atomic E-state index is 13.6. The Morgan fingerprint density at radius 3 is 2.67 bits per heavy atom. The van der Waals surface area contributed by atoms with E-state index in [9.17, 15) is 9.59 Å². The van der Waals surface area contributed by atoms with Crippen molar-refractivity contribution in [2.24, 2.45) is 0 Å². The Morgan fingerprint density at radius 1 is 1.03 bits per heavy atom. The Bertz CT molecular complexity index is 1260. The summed E-state index contributed by atoms with van der Waals surface area (Å²) in [4.78, 5) is 28.0. The van der Waals surface area contributed by atoms with E-state index in [1.165, 1.54) is 34.3 Å². The molecule has 6 rings (SSSR count). The quantitative estimate of drug-likeness (QED) is 0.488. The van der Waals surface area contributed by atoms with Gasteiger partial charge >= 0.3 is 198 Å². The monoisotopic (exact) mass is 509 g/mol. The predicted molar refractivity (Wildman–Crippen MR) is 125 cm³/mol. The number of morpholine rings is 1. The minimum atomic E-state index is -0.303. The van der Waals surface area contributed by atoms with Gasteiger partial charge in [-0.25, -0.2) is 0 Å². The SMILES string of the molecule is COc1c2n(ccc1=O)N([C@H]1c3ccccc3C[Se]c3ccccc31)[C@@H]1COCCN1C2=O. The summed E-state index contributed by atoms with van der Waals surface area (Å²) in [6.45, 7) is 1.33. The Morgan fingerprint density at radius 2 is 1.82 bits per heavy atom. The van der Waals surface area contributed by atoms with E-state index in [0.717, 1.165) is 5.32 Å². The van der Waals surface area contributed by atoms with Crippen molar-refractivity contribution in [1.82, 2.24) is 9.58 Å². The van der Waals surface area contributed by atoms with Gasteiger partial charge in [0.15, 0.2) is 0 Å². The summed E-state index contributed by atoms with van der Waals surface area (Å²) < 4.78 is 14.5. The molecular weight excluding hydrogens is 485 g/mol. The fraction of sp³-hybridized carbons (Fsp3) is 0.280. The molecule has 3 aromatic rings. The van der Waals surface area contributed by atoms with E-state index < -0.39 is 0 Å². The van der Waals surface area contributed by atoms with Gasteiger partial charge < -0.3 is 0 Å². The summed E-state index contributed by atoms with van der Waals surface area (Å²) >= 11 is 0.292. The van der Waals surface area contributed by atoms with Crippen molar-refractivity contribution in [1.29, 1.82) is 0 Å². The summed E-state index contributed by atoms with van der Waals surface area (Å²) in [6, 6.07) is 18.4. The second kappa shape index (κ2) is 8.06. The van der Waals surface area contributed by atoms with Gasteiger partial charge in [0.05, 0.1) is 0 Å². The summed E-state index contributed by atoms with van der Waals surface area (Å²) in [5.41, 5.74) is 3.73. The third kappa shape index (κ3) is 3.13. The van der Waals surface area contributed by atoms with Crippen LogP contribution in [0.15, 0.2) is 65.6 Å². The Labute approximate surface area is 197 Å². The molecule has 3 aliphatic heterocycles. The van der Waals surface area contributed by atoms with E-state index in [2.05, 4.69) is 53.5 Å². The zero-order valence-corrected chi connectivity index (χ0v) is 19.9. The molecule has 168 valence electrons. The number of nitrogens with zero attached hydrogens (tertiary/aromatic N) is 3. The molecule has 2 atom stereocenters. The fourth-order valence-electron chi connectivity index (χ4n) is 5.10. The molecule has 0 bridgehead atoms. The van der Waals surface area contributed by atoms with Gasteiger partial charge in [-0.15, -0.1) is 0 Å². The minimum absolute atomic E-state index is 0.0804. The molecule has 7 nitrogen and oxygen atoms in total. The third-order valence-electron chi connectivity index (χ3n) is 6.57. The first-order valence-electron chi connectivity index (χ1n) is 11.0. The molecule has 1 fully saturated rings. The first kappa shape index (κ1) is 20.5. The molecule has 1 amide bonds. The van der Waals surface area contributed by atoms with Gasteiger partial charge in [-0.3, -0.25) is 0 Å². The van der Waals surface area contributed by atoms with Crippen molar-refractivity contribution in [2.45, 2.75) is 17.5 Å². The van der Waals surface area contributed by atoms with Crippen molar-refractivity contribution < 1.29 is 14.3 Å². The number of carbonyl (C=O) groups is 1. The molecular formula is C25H23N3O4Se. The second-order valence-electron chi connectivity index (χ2n) is 8.27. The van der Waals surface area contributed by atoms with Gasteiger partial charge in [-0.05, 0) is 0 Å². The van der Waals surface area contributed by atoms with Gasteiger partial charge in [0.25, 0.3) is 0 Å². The number of hydrogen-bond acceptors (Lipinski definition) is 5. The Balaban J connectivity index is 1.66. The molecule has 1 saturated heterocycles. The summed E-state index contributed by atoms with van der Waals surface area (Å²) in [7, 11) is 1.44. The van der Waals surface area contributed by atoms with E-state index >= 15 is 0 Å². The number of amides is 1. The summed E-state index contributed by atoms with van der Waals surface area (Å²) in [5, 5.41) is 3.21. The molecule has 2 aromatic carbocycles. The van der Waals surface area contributed by atoms with Crippen LogP contribution >= 0.6 is 0 Å². The molecule has 0 unspecified atom stereocenters. The predicted octanol–water partition coefficient (Wildman–Crippen LogP) is 1.24. The van der Waals surface area contributed by atoms with Crippen LogP contribution in [0, 0.1) is 0 Å². The number of carbonyl (C=O) groups excluding carboxylic acids is 1. The molecule has 0 aliphatic carbocycles. The van der Waals surface area contributed by atoms with E-state index in [1.807, 2.05) is 9.58 Å². The molecule has 3 aliphatic rings. The van der Waals surface area contributed by atoms with E-state index in [4.69, 9.17) is 9.47 Å². The summed E-state index contributed by atoms with van der Waals surface area (Å²) in [6.07, 6.45) is 1.40. The van der Waals surface area contributed by atoms with Crippen LogP contribution in [0.4, 0.5) is 0 Å². The Kier molecular flexibility index (Phi) is 5.02. The van der Waals surface area contributed by atoms with E-state index in [-0.39, 0.29) is 35.0 Å². The molecule has 0 N–H and O–H groups in total. The van der Waals surface area contributed by atoms with Crippen LogP contribution in [-0.4, -0.2) is 63.5 Å². The van der Waals surface area contributed by atoms with Crippen LogP contribution in [0.1, 0.15) is 33.2 Å². The van der Waals surface area contributed by atoms with Gasteiger partial charge in [0, 0.05) is 0 Å². The number of methoxy groups -OCH3 is 1. The molecule has 4 heterocycles. The van der Waals surface area contributed by atoms with Crippen molar-refractivity contribution in [3.8, 4) is 5.75 Å². The Hall–Kier alpha value is -3.06. The van der Waals surface area contributed by atoms with Crippen LogP contribution in [0.3, 0.4) is 0 Å². The fourth-order valence-corrected chi connectivity index (χ4v) is 7.39. The molecule has 0 spiro atoms. The number of rotatable bonds is 2. The number of hydrogen-bond donors (Lipinski definition) is 0. The van der Waals surface area contributed by atoms with Crippen molar-refractivity contribution >= 4 is 25.3 Å². The second-order valence-corrected chi connectivity index (χ2v) is 10.4. The zero-order valence-electron chi connectivity index (χ0n) is 18.1. The number of ether oxygens (including phenoxy) is 2. The number of fused-ring (bicyclic) bond motifs is 4. The topological polar surface area (TPSA) is 64.0 Å². The van der Waals surface area contributed by atoms with E-state index in [0.29, 0.717) is 34.7 Å². The van der Waals surface area contributed by atoms with Crippen LogP contribution in [0.5, 0.6) is 5.75 Å². The van der Waals surface area contributed by atoms with E-state index in [1.54, 1.807) is 6.20 Å². The zero-order chi connectivity index (χ0) is 22.5. The average Bonchev–Trinajstić information content (AvgIpc) is 3.02. The summed E-state index contributed by atoms with van der Waals surface area (Å²) in [5.74, 6) is -0.120. The van der Waals surface area contributed by atoms with Crippen LogP contribution in [-0.2, 0) is 10.1 Å². The molecule has 0 radical (unpaired) electrons. The number of pyridine rings is 1.